The maximum atomic E-state index is 13.0. The minimum absolute atomic E-state index is 0.0872. The van der Waals surface area contributed by atoms with Gasteiger partial charge >= 0.3 is 0 Å². The van der Waals surface area contributed by atoms with Gasteiger partial charge in [0.25, 0.3) is 5.91 Å². The highest BCUT2D eigenvalue weighted by molar-refractivity contribution is 5.96. The van der Waals surface area contributed by atoms with E-state index in [-0.39, 0.29) is 11.9 Å². The van der Waals surface area contributed by atoms with Crippen LogP contribution in [0.15, 0.2) is 36.7 Å². The number of piperazine rings is 1. The number of amides is 1. The lowest BCUT2D eigenvalue weighted by Crippen LogP contribution is -2.47. The summed E-state index contributed by atoms with van der Waals surface area (Å²) < 4.78 is 7.42. The molecular formula is C25H33N7O2. The molecule has 0 saturated carbocycles. The Hall–Kier alpha value is -3.30. The molecule has 9 heteroatoms. The maximum absolute atomic E-state index is 13.0. The molecule has 1 aliphatic rings. The minimum atomic E-state index is 0.0872. The summed E-state index contributed by atoms with van der Waals surface area (Å²) in [5.74, 6) is 1.43. The van der Waals surface area contributed by atoms with Gasteiger partial charge in [-0.15, -0.1) is 0 Å². The smallest absolute Gasteiger partial charge is 0.254 e. The van der Waals surface area contributed by atoms with E-state index in [4.69, 9.17) is 9.72 Å². The number of hydrogen-bond donors (Lipinski definition) is 1. The van der Waals surface area contributed by atoms with Gasteiger partial charge in [-0.1, -0.05) is 0 Å². The zero-order valence-corrected chi connectivity index (χ0v) is 20.6. The summed E-state index contributed by atoms with van der Waals surface area (Å²) >= 11 is 0. The standard InChI is InChI=1S/C25H33N7O2/c1-17(2)32-22(15-27-23(32)16-34-5)21-8-9-26-25(29-21)28-19-6-7-20(18(3)14-19)24(33)31-12-10-30(4)11-13-31/h6-9,14-15,17H,10-13,16H2,1-5H3,(H,26,28,29). The Kier molecular flexibility index (Phi) is 7.23. The number of aromatic nitrogens is 4. The molecule has 0 aliphatic carbocycles. The molecule has 3 heterocycles. The van der Waals surface area contributed by atoms with Gasteiger partial charge in [0.2, 0.25) is 5.95 Å². The van der Waals surface area contributed by atoms with E-state index < -0.39 is 0 Å². The van der Waals surface area contributed by atoms with Crippen LogP contribution >= 0.6 is 0 Å². The van der Waals surface area contributed by atoms with Gasteiger partial charge in [-0.25, -0.2) is 15.0 Å². The van der Waals surface area contributed by atoms with Crippen molar-refractivity contribution in [2.24, 2.45) is 0 Å². The number of carbonyl (C=O) groups excluding carboxylic acids is 1. The minimum Gasteiger partial charge on any atom is -0.377 e. The van der Waals surface area contributed by atoms with Crippen LogP contribution in [0.2, 0.25) is 0 Å². The number of ether oxygens (including phenoxy) is 1. The molecule has 0 spiro atoms. The summed E-state index contributed by atoms with van der Waals surface area (Å²) in [6.45, 7) is 9.94. The summed E-state index contributed by atoms with van der Waals surface area (Å²) in [7, 11) is 3.75. The third kappa shape index (κ3) is 5.10. The number of carbonyl (C=O) groups is 1. The van der Waals surface area contributed by atoms with Gasteiger partial charge in [-0.3, -0.25) is 4.79 Å². The van der Waals surface area contributed by atoms with E-state index in [2.05, 4.69) is 45.6 Å². The molecule has 1 aliphatic heterocycles. The van der Waals surface area contributed by atoms with Crippen molar-refractivity contribution < 1.29 is 9.53 Å². The number of benzene rings is 1. The molecule has 0 unspecified atom stereocenters. The Bertz CT molecular complexity index is 1150. The fraction of sp³-hybridized carbons (Fsp3) is 0.440. The second-order valence-corrected chi connectivity index (χ2v) is 8.97. The zero-order chi connectivity index (χ0) is 24.2. The summed E-state index contributed by atoms with van der Waals surface area (Å²) in [5, 5.41) is 3.28. The first kappa shape index (κ1) is 23.8. The molecule has 2 aromatic heterocycles. The molecule has 0 atom stereocenters. The van der Waals surface area contributed by atoms with Crippen molar-refractivity contribution in [3.05, 3.63) is 53.6 Å². The van der Waals surface area contributed by atoms with Crippen molar-refractivity contribution in [2.45, 2.75) is 33.4 Å². The Morgan fingerprint density at radius 1 is 1.15 bits per heavy atom. The summed E-state index contributed by atoms with van der Waals surface area (Å²) in [6.07, 6.45) is 3.56. The number of anilines is 2. The van der Waals surface area contributed by atoms with E-state index in [1.54, 1.807) is 13.3 Å². The molecule has 4 rings (SSSR count). The second kappa shape index (κ2) is 10.3. The lowest BCUT2D eigenvalue weighted by Gasteiger charge is -2.32. The topological polar surface area (TPSA) is 88.4 Å². The zero-order valence-electron chi connectivity index (χ0n) is 20.6. The summed E-state index contributed by atoms with van der Waals surface area (Å²) in [5.41, 5.74) is 4.18. The number of hydrogen-bond acceptors (Lipinski definition) is 7. The van der Waals surface area contributed by atoms with Crippen LogP contribution in [0.5, 0.6) is 0 Å². The molecule has 1 saturated heterocycles. The Labute approximate surface area is 200 Å². The van der Waals surface area contributed by atoms with Gasteiger partial charge in [0.15, 0.2) is 0 Å². The average molecular weight is 464 g/mol. The van der Waals surface area contributed by atoms with Crippen LogP contribution in [0.4, 0.5) is 11.6 Å². The van der Waals surface area contributed by atoms with Crippen LogP contribution in [-0.4, -0.2) is 75.6 Å². The van der Waals surface area contributed by atoms with E-state index in [1.165, 1.54) is 0 Å². The first-order valence-electron chi connectivity index (χ1n) is 11.6. The molecule has 3 aromatic rings. The van der Waals surface area contributed by atoms with Gasteiger partial charge in [0, 0.05) is 56.8 Å². The number of imidazole rings is 1. The maximum Gasteiger partial charge on any atom is 0.254 e. The van der Waals surface area contributed by atoms with Gasteiger partial charge in [0.05, 0.1) is 17.6 Å². The van der Waals surface area contributed by atoms with Crippen molar-refractivity contribution in [3.63, 3.8) is 0 Å². The number of aryl methyl sites for hydroxylation is 1. The van der Waals surface area contributed by atoms with Crippen molar-refractivity contribution in [1.29, 1.82) is 0 Å². The molecule has 1 aromatic carbocycles. The van der Waals surface area contributed by atoms with E-state index in [1.807, 2.05) is 42.3 Å². The molecule has 9 nitrogen and oxygen atoms in total. The second-order valence-electron chi connectivity index (χ2n) is 8.97. The predicted octanol–water partition coefficient (Wildman–Crippen LogP) is 3.51. The molecule has 0 bridgehead atoms. The van der Waals surface area contributed by atoms with Crippen LogP contribution in [0.25, 0.3) is 11.4 Å². The Balaban J connectivity index is 1.53. The molecule has 34 heavy (non-hydrogen) atoms. The van der Waals surface area contributed by atoms with E-state index in [0.717, 1.165) is 60.2 Å². The van der Waals surface area contributed by atoms with Gasteiger partial charge < -0.3 is 24.4 Å². The van der Waals surface area contributed by atoms with Crippen LogP contribution < -0.4 is 5.32 Å². The summed E-state index contributed by atoms with van der Waals surface area (Å²) in [6, 6.07) is 7.84. The lowest BCUT2D eigenvalue weighted by molar-refractivity contribution is 0.0663. The fourth-order valence-electron chi connectivity index (χ4n) is 4.25. The SMILES string of the molecule is COCc1ncc(-c2ccnc(Nc3ccc(C(=O)N4CCN(C)CC4)c(C)c3)n2)n1C(C)C. The molecule has 180 valence electrons. The number of rotatable bonds is 7. The Morgan fingerprint density at radius 2 is 1.91 bits per heavy atom. The largest absolute Gasteiger partial charge is 0.377 e. The molecule has 0 radical (unpaired) electrons. The molecule has 1 N–H and O–H groups in total. The predicted molar refractivity (Wildman–Crippen MR) is 132 cm³/mol. The van der Waals surface area contributed by atoms with Gasteiger partial charge in [-0.2, -0.15) is 0 Å². The third-order valence-corrected chi connectivity index (χ3v) is 6.08. The van der Waals surface area contributed by atoms with Crippen LogP contribution in [-0.2, 0) is 11.3 Å². The number of nitrogens with one attached hydrogen (secondary N) is 1. The van der Waals surface area contributed by atoms with Gasteiger partial charge in [0.1, 0.15) is 12.4 Å². The van der Waals surface area contributed by atoms with E-state index >= 15 is 0 Å². The molecule has 1 amide bonds. The first-order valence-corrected chi connectivity index (χ1v) is 11.6. The number of nitrogens with zero attached hydrogens (tertiary/aromatic N) is 6. The average Bonchev–Trinajstić information content (AvgIpc) is 3.24. The Morgan fingerprint density at radius 3 is 2.59 bits per heavy atom. The third-order valence-electron chi connectivity index (χ3n) is 6.08. The quantitative estimate of drug-likeness (QED) is 0.574. The fourth-order valence-corrected chi connectivity index (χ4v) is 4.25. The van der Waals surface area contributed by atoms with Crippen molar-refractivity contribution in [3.8, 4) is 11.4 Å². The first-order chi connectivity index (χ1) is 16.4. The van der Waals surface area contributed by atoms with Crippen LogP contribution in [0, 0.1) is 6.92 Å². The van der Waals surface area contributed by atoms with Gasteiger partial charge in [-0.05, 0) is 57.6 Å². The van der Waals surface area contributed by atoms with E-state index in [0.29, 0.717) is 12.6 Å². The highest BCUT2D eigenvalue weighted by Crippen LogP contribution is 2.25. The highest BCUT2D eigenvalue weighted by atomic mass is 16.5. The normalized spacial score (nSPS) is 14.6. The highest BCUT2D eigenvalue weighted by Gasteiger charge is 2.22. The van der Waals surface area contributed by atoms with Crippen LogP contribution in [0.1, 0.15) is 41.6 Å². The van der Waals surface area contributed by atoms with Crippen molar-refractivity contribution >= 4 is 17.5 Å². The monoisotopic (exact) mass is 463 g/mol. The van der Waals surface area contributed by atoms with Crippen molar-refractivity contribution in [2.75, 3.05) is 45.7 Å². The van der Waals surface area contributed by atoms with Crippen molar-refractivity contribution in [1.82, 2.24) is 29.3 Å². The van der Waals surface area contributed by atoms with Crippen LogP contribution in [0.3, 0.4) is 0 Å². The lowest BCUT2D eigenvalue weighted by atomic mass is 10.1. The summed E-state index contributed by atoms with van der Waals surface area (Å²) in [4.78, 5) is 30.8. The van der Waals surface area contributed by atoms with E-state index in [9.17, 15) is 4.79 Å². The molecule has 1 fully saturated rings. The molecular weight excluding hydrogens is 430 g/mol. The number of methoxy groups -OCH3 is 1. The number of likely N-dealkylation sites (N-methyl/N-ethyl adjacent to an activating group) is 1.